The van der Waals surface area contributed by atoms with Crippen molar-refractivity contribution in [3.8, 4) is 0 Å². The molecule has 2 N–H and O–H groups in total. The Hall–Kier alpha value is -1.65. The van der Waals surface area contributed by atoms with Crippen molar-refractivity contribution >= 4 is 17.3 Å². The standard InChI is InChI=1S/C10H10F2N2O/c1-10(2)9(15)13-8-6(12)3-5(11)4-7(8)14-10/h3-4,14H,1-2H3,(H,13,15). The number of hydrogen-bond donors (Lipinski definition) is 2. The summed E-state index contributed by atoms with van der Waals surface area (Å²) in [6, 6.07) is 1.89. The fraction of sp³-hybridized carbons (Fsp3) is 0.300. The van der Waals surface area contributed by atoms with Gasteiger partial charge in [0.05, 0.1) is 5.69 Å². The van der Waals surface area contributed by atoms with Gasteiger partial charge in [-0.1, -0.05) is 0 Å². The maximum absolute atomic E-state index is 13.3. The lowest BCUT2D eigenvalue weighted by molar-refractivity contribution is -0.119. The van der Waals surface area contributed by atoms with Gasteiger partial charge in [-0.15, -0.1) is 0 Å². The van der Waals surface area contributed by atoms with Crippen molar-refractivity contribution < 1.29 is 13.6 Å². The Labute approximate surface area is 85.5 Å². The predicted molar refractivity (Wildman–Crippen MR) is 52.7 cm³/mol. The highest BCUT2D eigenvalue weighted by molar-refractivity contribution is 6.05. The molecule has 1 aliphatic heterocycles. The SMILES string of the molecule is CC1(C)Nc2cc(F)cc(F)c2NC1=O. The van der Waals surface area contributed by atoms with Crippen LogP contribution in [-0.4, -0.2) is 11.4 Å². The first-order chi connectivity index (χ1) is 6.90. The van der Waals surface area contributed by atoms with Gasteiger partial charge < -0.3 is 10.6 Å². The molecule has 0 aromatic heterocycles. The van der Waals surface area contributed by atoms with E-state index in [0.717, 1.165) is 12.1 Å². The molecule has 1 aromatic carbocycles. The minimum atomic E-state index is -0.868. The quantitative estimate of drug-likeness (QED) is 0.691. The first-order valence-electron chi connectivity index (χ1n) is 4.49. The zero-order valence-corrected chi connectivity index (χ0v) is 8.32. The lowest BCUT2D eigenvalue weighted by Crippen LogP contribution is -2.47. The summed E-state index contributed by atoms with van der Waals surface area (Å²) in [5.74, 6) is -1.80. The third-order valence-electron chi connectivity index (χ3n) is 2.31. The second-order valence-electron chi connectivity index (χ2n) is 4.01. The number of nitrogens with one attached hydrogen (secondary N) is 2. The van der Waals surface area contributed by atoms with E-state index in [1.54, 1.807) is 13.8 Å². The van der Waals surface area contributed by atoms with Crippen LogP contribution in [-0.2, 0) is 4.79 Å². The molecule has 0 bridgehead atoms. The molecule has 5 heteroatoms. The molecule has 80 valence electrons. The summed E-state index contributed by atoms with van der Waals surface area (Å²) >= 11 is 0. The third kappa shape index (κ3) is 1.54. The van der Waals surface area contributed by atoms with E-state index in [4.69, 9.17) is 0 Å². The summed E-state index contributed by atoms with van der Waals surface area (Å²) in [6.07, 6.45) is 0. The lowest BCUT2D eigenvalue weighted by Gasteiger charge is -2.32. The van der Waals surface area contributed by atoms with Crippen LogP contribution in [0.1, 0.15) is 13.8 Å². The first kappa shape index (κ1) is 9.89. The Morgan fingerprint density at radius 2 is 1.93 bits per heavy atom. The number of anilines is 2. The zero-order chi connectivity index (χ0) is 11.2. The molecule has 3 nitrogen and oxygen atoms in total. The normalized spacial score (nSPS) is 17.7. The maximum Gasteiger partial charge on any atom is 0.249 e. The highest BCUT2D eigenvalue weighted by Crippen LogP contribution is 2.33. The first-order valence-corrected chi connectivity index (χ1v) is 4.49. The number of benzene rings is 1. The molecule has 0 radical (unpaired) electrons. The van der Waals surface area contributed by atoms with E-state index >= 15 is 0 Å². The largest absolute Gasteiger partial charge is 0.370 e. The average molecular weight is 212 g/mol. The van der Waals surface area contributed by atoms with Gasteiger partial charge in [0.15, 0.2) is 5.82 Å². The van der Waals surface area contributed by atoms with Crippen LogP contribution in [0, 0.1) is 11.6 Å². The van der Waals surface area contributed by atoms with Crippen molar-refractivity contribution in [2.75, 3.05) is 10.6 Å². The van der Waals surface area contributed by atoms with Gasteiger partial charge >= 0.3 is 0 Å². The van der Waals surface area contributed by atoms with Crippen molar-refractivity contribution in [1.82, 2.24) is 0 Å². The summed E-state index contributed by atoms with van der Waals surface area (Å²) < 4.78 is 26.2. The van der Waals surface area contributed by atoms with Crippen LogP contribution in [0.15, 0.2) is 12.1 Å². The Morgan fingerprint density at radius 3 is 2.60 bits per heavy atom. The van der Waals surface area contributed by atoms with Gasteiger partial charge in [-0.2, -0.15) is 0 Å². The van der Waals surface area contributed by atoms with Gasteiger partial charge in [-0.25, -0.2) is 8.78 Å². The fourth-order valence-electron chi connectivity index (χ4n) is 1.46. The van der Waals surface area contributed by atoms with E-state index in [1.165, 1.54) is 0 Å². The molecule has 1 aromatic rings. The molecule has 1 aliphatic rings. The Morgan fingerprint density at radius 1 is 1.27 bits per heavy atom. The highest BCUT2D eigenvalue weighted by Gasteiger charge is 2.34. The van der Waals surface area contributed by atoms with E-state index in [9.17, 15) is 13.6 Å². The molecule has 1 amide bonds. The van der Waals surface area contributed by atoms with Crippen molar-refractivity contribution in [2.45, 2.75) is 19.4 Å². The zero-order valence-electron chi connectivity index (χ0n) is 8.32. The van der Waals surface area contributed by atoms with Crippen LogP contribution in [0.4, 0.5) is 20.2 Å². The number of carbonyl (C=O) groups excluding carboxylic acids is 1. The summed E-state index contributed by atoms with van der Waals surface area (Å²) in [5, 5.41) is 5.18. The fourth-order valence-corrected chi connectivity index (χ4v) is 1.46. The molecule has 0 fully saturated rings. The van der Waals surface area contributed by atoms with E-state index in [1.807, 2.05) is 0 Å². The molecule has 2 rings (SSSR count). The molecule has 0 atom stereocenters. The van der Waals surface area contributed by atoms with E-state index < -0.39 is 17.2 Å². The summed E-state index contributed by atoms with van der Waals surface area (Å²) in [5.41, 5.74) is -0.606. The molecule has 0 unspecified atom stereocenters. The average Bonchev–Trinajstić information content (AvgIpc) is 2.08. The van der Waals surface area contributed by atoms with Crippen LogP contribution in [0.5, 0.6) is 0 Å². The van der Waals surface area contributed by atoms with E-state index in [2.05, 4.69) is 10.6 Å². The number of carbonyl (C=O) groups is 1. The summed E-state index contributed by atoms with van der Waals surface area (Å²) in [4.78, 5) is 11.5. The van der Waals surface area contributed by atoms with Crippen molar-refractivity contribution in [2.24, 2.45) is 0 Å². The van der Waals surface area contributed by atoms with Crippen LogP contribution in [0.25, 0.3) is 0 Å². The number of rotatable bonds is 0. The summed E-state index contributed by atoms with van der Waals surface area (Å²) in [7, 11) is 0. The monoisotopic (exact) mass is 212 g/mol. The van der Waals surface area contributed by atoms with E-state index in [0.29, 0.717) is 0 Å². The molecule has 0 saturated carbocycles. The third-order valence-corrected chi connectivity index (χ3v) is 2.31. The van der Waals surface area contributed by atoms with Gasteiger partial charge in [0.2, 0.25) is 5.91 Å². The lowest BCUT2D eigenvalue weighted by atomic mass is 10.00. The minimum Gasteiger partial charge on any atom is -0.370 e. The van der Waals surface area contributed by atoms with Gasteiger partial charge in [0, 0.05) is 6.07 Å². The second kappa shape index (κ2) is 2.92. The molecule has 15 heavy (non-hydrogen) atoms. The number of amides is 1. The molecular formula is C10H10F2N2O. The topological polar surface area (TPSA) is 41.1 Å². The van der Waals surface area contributed by atoms with Gasteiger partial charge in [0.1, 0.15) is 17.0 Å². The Balaban J connectivity index is 2.55. The smallest absolute Gasteiger partial charge is 0.249 e. The van der Waals surface area contributed by atoms with Gasteiger partial charge in [-0.05, 0) is 19.9 Å². The number of hydrogen-bond acceptors (Lipinski definition) is 2. The molecule has 1 heterocycles. The molecular weight excluding hydrogens is 202 g/mol. The van der Waals surface area contributed by atoms with Crippen molar-refractivity contribution in [3.63, 3.8) is 0 Å². The molecule has 0 aliphatic carbocycles. The van der Waals surface area contributed by atoms with Crippen LogP contribution < -0.4 is 10.6 Å². The van der Waals surface area contributed by atoms with Crippen LogP contribution in [0.2, 0.25) is 0 Å². The Bertz CT molecular complexity index is 443. The molecule has 0 saturated heterocycles. The van der Waals surface area contributed by atoms with Crippen molar-refractivity contribution in [3.05, 3.63) is 23.8 Å². The number of fused-ring (bicyclic) bond motifs is 1. The van der Waals surface area contributed by atoms with Crippen LogP contribution >= 0.6 is 0 Å². The predicted octanol–water partition coefficient (Wildman–Crippen LogP) is 2.11. The van der Waals surface area contributed by atoms with Gasteiger partial charge in [-0.3, -0.25) is 4.79 Å². The number of halogens is 2. The highest BCUT2D eigenvalue weighted by atomic mass is 19.1. The molecule has 0 spiro atoms. The summed E-state index contributed by atoms with van der Waals surface area (Å²) in [6.45, 7) is 3.27. The van der Waals surface area contributed by atoms with Crippen LogP contribution in [0.3, 0.4) is 0 Å². The maximum atomic E-state index is 13.3. The van der Waals surface area contributed by atoms with Crippen molar-refractivity contribution in [1.29, 1.82) is 0 Å². The van der Waals surface area contributed by atoms with E-state index in [-0.39, 0.29) is 17.3 Å². The Kier molecular flexibility index (Phi) is 1.92. The second-order valence-corrected chi connectivity index (χ2v) is 4.01. The minimum absolute atomic E-state index is 0.000671. The van der Waals surface area contributed by atoms with Gasteiger partial charge in [0.25, 0.3) is 0 Å².